The summed E-state index contributed by atoms with van der Waals surface area (Å²) in [5.41, 5.74) is 7.64. The molecule has 0 spiro atoms. The van der Waals surface area contributed by atoms with Crippen LogP contribution in [-0.2, 0) is 13.0 Å². The van der Waals surface area contributed by atoms with Crippen molar-refractivity contribution in [2.75, 3.05) is 5.32 Å². The van der Waals surface area contributed by atoms with E-state index < -0.39 is 0 Å². The maximum absolute atomic E-state index is 5.85. The van der Waals surface area contributed by atoms with Gasteiger partial charge in [0, 0.05) is 12.1 Å². The Kier molecular flexibility index (Phi) is 7.21. The van der Waals surface area contributed by atoms with Gasteiger partial charge in [0.2, 0.25) is 0 Å². The molecule has 1 aromatic carbocycles. The first kappa shape index (κ1) is 17.5. The fourth-order valence-electron chi connectivity index (χ4n) is 1.82. The first-order valence-electron chi connectivity index (χ1n) is 6.76. The number of hydrogen-bond donors (Lipinski definition) is 2. The summed E-state index contributed by atoms with van der Waals surface area (Å²) in [6.45, 7) is 4.42. The van der Waals surface area contributed by atoms with Crippen LogP contribution in [0.25, 0.3) is 0 Å². The normalized spacial score (nSPS) is 11.0. The molecule has 0 atom stereocenters. The van der Waals surface area contributed by atoms with Crippen molar-refractivity contribution in [1.82, 2.24) is 4.98 Å². The molecule has 0 fully saturated rings. The summed E-state index contributed by atoms with van der Waals surface area (Å²) in [4.78, 5) is 8.64. The maximum Gasteiger partial charge on any atom is 0.194 e. The van der Waals surface area contributed by atoms with Crippen LogP contribution in [0, 0.1) is 6.92 Å². The van der Waals surface area contributed by atoms with E-state index in [-0.39, 0.29) is 24.0 Å². The number of benzene rings is 1. The summed E-state index contributed by atoms with van der Waals surface area (Å²) in [5, 5.41) is 3.03. The number of aliphatic imine (C=N–C) groups is 1. The minimum absolute atomic E-state index is 0. The van der Waals surface area contributed by atoms with Crippen LogP contribution in [0.15, 0.2) is 39.7 Å². The second-order valence-corrected chi connectivity index (χ2v) is 4.56. The Hall–Kier alpha value is -1.57. The van der Waals surface area contributed by atoms with Gasteiger partial charge in [0.05, 0.1) is 5.69 Å². The van der Waals surface area contributed by atoms with Crippen molar-refractivity contribution in [2.24, 2.45) is 10.7 Å². The fraction of sp³-hybridized carbons (Fsp3) is 0.333. The number of rotatable bonds is 5. The Balaban J connectivity index is 0.00000220. The van der Waals surface area contributed by atoms with Gasteiger partial charge in [-0.25, -0.2) is 9.98 Å². The molecule has 6 heteroatoms. The lowest BCUT2D eigenvalue weighted by Gasteiger charge is -2.04. The van der Waals surface area contributed by atoms with E-state index in [1.807, 2.05) is 37.3 Å². The zero-order valence-electron chi connectivity index (χ0n) is 12.3. The molecular weight excluding hydrogens is 379 g/mol. The zero-order valence-corrected chi connectivity index (χ0v) is 14.6. The fourth-order valence-corrected chi connectivity index (χ4v) is 1.82. The Morgan fingerprint density at radius 3 is 2.71 bits per heavy atom. The quantitative estimate of drug-likeness (QED) is 0.458. The highest BCUT2D eigenvalue weighted by Gasteiger charge is 2.08. The number of aryl methyl sites for hydroxylation is 2. The summed E-state index contributed by atoms with van der Waals surface area (Å²) in [7, 11) is 0. The standard InChI is InChI=1S/C15H20N4O.HI/c1-3-7-14-18-11(2)13(20-14)10-17-15(16)19-12-8-5-4-6-9-12;/h4-6,8-9H,3,7,10H2,1-2H3,(H3,16,17,19);1H. The van der Waals surface area contributed by atoms with Gasteiger partial charge in [-0.15, -0.1) is 24.0 Å². The highest BCUT2D eigenvalue weighted by Crippen LogP contribution is 2.13. The lowest BCUT2D eigenvalue weighted by atomic mass is 10.3. The Bertz CT molecular complexity index is 581. The number of para-hydroxylation sites is 1. The number of nitrogens with two attached hydrogens (primary N) is 1. The number of nitrogens with one attached hydrogen (secondary N) is 1. The summed E-state index contributed by atoms with van der Waals surface area (Å²) in [5.74, 6) is 1.90. The summed E-state index contributed by atoms with van der Waals surface area (Å²) in [6, 6.07) is 9.69. The highest BCUT2D eigenvalue weighted by molar-refractivity contribution is 14.0. The first-order valence-corrected chi connectivity index (χ1v) is 6.76. The van der Waals surface area contributed by atoms with Gasteiger partial charge in [-0.3, -0.25) is 0 Å². The third kappa shape index (κ3) is 5.37. The van der Waals surface area contributed by atoms with Crippen molar-refractivity contribution in [3.8, 4) is 0 Å². The van der Waals surface area contributed by atoms with Gasteiger partial charge in [0.1, 0.15) is 12.3 Å². The molecule has 0 amide bonds. The molecule has 0 aliphatic heterocycles. The largest absolute Gasteiger partial charge is 0.443 e. The van der Waals surface area contributed by atoms with Crippen LogP contribution in [0.2, 0.25) is 0 Å². The van der Waals surface area contributed by atoms with Crippen molar-refractivity contribution in [3.63, 3.8) is 0 Å². The van der Waals surface area contributed by atoms with Crippen molar-refractivity contribution < 1.29 is 4.42 Å². The van der Waals surface area contributed by atoms with Crippen LogP contribution < -0.4 is 11.1 Å². The summed E-state index contributed by atoms with van der Waals surface area (Å²) >= 11 is 0. The molecule has 1 aromatic heterocycles. The van der Waals surface area contributed by atoms with Gasteiger partial charge in [-0.1, -0.05) is 25.1 Å². The topological polar surface area (TPSA) is 76.4 Å². The predicted molar refractivity (Wildman–Crippen MR) is 96.0 cm³/mol. The van der Waals surface area contributed by atoms with Crippen molar-refractivity contribution in [1.29, 1.82) is 0 Å². The zero-order chi connectivity index (χ0) is 14.4. The smallest absolute Gasteiger partial charge is 0.194 e. The minimum atomic E-state index is 0. The number of oxazole rings is 1. The molecule has 0 saturated carbocycles. The van der Waals surface area contributed by atoms with Gasteiger partial charge < -0.3 is 15.5 Å². The van der Waals surface area contributed by atoms with Crippen molar-refractivity contribution in [2.45, 2.75) is 33.2 Å². The molecule has 0 saturated heterocycles. The second-order valence-electron chi connectivity index (χ2n) is 4.56. The molecule has 0 bridgehead atoms. The predicted octanol–water partition coefficient (Wildman–Crippen LogP) is 3.48. The van der Waals surface area contributed by atoms with Crippen molar-refractivity contribution in [3.05, 3.63) is 47.7 Å². The van der Waals surface area contributed by atoms with Crippen LogP contribution >= 0.6 is 24.0 Å². The maximum atomic E-state index is 5.85. The monoisotopic (exact) mass is 400 g/mol. The van der Waals surface area contributed by atoms with E-state index in [9.17, 15) is 0 Å². The van der Waals surface area contributed by atoms with Gasteiger partial charge in [-0.05, 0) is 25.5 Å². The van der Waals surface area contributed by atoms with E-state index in [0.717, 1.165) is 35.9 Å². The minimum Gasteiger partial charge on any atom is -0.443 e. The summed E-state index contributed by atoms with van der Waals surface area (Å²) < 4.78 is 5.65. The molecule has 21 heavy (non-hydrogen) atoms. The Labute approximate surface area is 142 Å². The molecule has 2 rings (SSSR count). The molecule has 1 heterocycles. The van der Waals surface area contributed by atoms with E-state index >= 15 is 0 Å². The van der Waals surface area contributed by atoms with E-state index in [2.05, 4.69) is 22.2 Å². The number of aromatic nitrogens is 1. The van der Waals surface area contributed by atoms with Crippen LogP contribution in [0.5, 0.6) is 0 Å². The molecule has 0 aliphatic rings. The van der Waals surface area contributed by atoms with Gasteiger partial charge >= 0.3 is 0 Å². The van der Waals surface area contributed by atoms with Crippen LogP contribution in [0.3, 0.4) is 0 Å². The third-order valence-corrected chi connectivity index (χ3v) is 2.84. The molecule has 2 aromatic rings. The Morgan fingerprint density at radius 1 is 1.33 bits per heavy atom. The molecule has 0 unspecified atom stereocenters. The van der Waals surface area contributed by atoms with Gasteiger partial charge in [0.15, 0.2) is 11.9 Å². The van der Waals surface area contributed by atoms with Crippen LogP contribution in [0.4, 0.5) is 5.69 Å². The summed E-state index contributed by atoms with van der Waals surface area (Å²) in [6.07, 6.45) is 1.86. The van der Waals surface area contributed by atoms with Crippen molar-refractivity contribution >= 4 is 35.6 Å². The van der Waals surface area contributed by atoms with E-state index in [4.69, 9.17) is 10.2 Å². The average molecular weight is 400 g/mol. The number of hydrogen-bond acceptors (Lipinski definition) is 3. The van der Waals surface area contributed by atoms with Crippen LogP contribution in [-0.4, -0.2) is 10.9 Å². The van der Waals surface area contributed by atoms with E-state index in [1.165, 1.54) is 0 Å². The first-order chi connectivity index (χ1) is 9.69. The number of guanidine groups is 1. The Morgan fingerprint density at radius 2 is 2.05 bits per heavy atom. The molecule has 0 radical (unpaired) electrons. The average Bonchev–Trinajstić information content (AvgIpc) is 2.78. The van der Waals surface area contributed by atoms with Gasteiger partial charge in [-0.2, -0.15) is 0 Å². The number of nitrogens with zero attached hydrogens (tertiary/aromatic N) is 2. The third-order valence-electron chi connectivity index (χ3n) is 2.84. The molecule has 114 valence electrons. The molecular formula is C15H21IN4O. The molecule has 5 nitrogen and oxygen atoms in total. The molecule has 0 aliphatic carbocycles. The lowest BCUT2D eigenvalue weighted by Crippen LogP contribution is -2.22. The lowest BCUT2D eigenvalue weighted by molar-refractivity contribution is 0.453. The van der Waals surface area contributed by atoms with Crippen LogP contribution in [0.1, 0.15) is 30.7 Å². The van der Waals surface area contributed by atoms with E-state index in [0.29, 0.717) is 12.5 Å². The number of anilines is 1. The second kappa shape index (κ2) is 8.66. The highest BCUT2D eigenvalue weighted by atomic mass is 127. The number of halogens is 1. The molecule has 3 N–H and O–H groups in total. The van der Waals surface area contributed by atoms with E-state index in [1.54, 1.807) is 0 Å². The SMILES string of the molecule is CCCc1nc(C)c(CN=C(N)Nc2ccccc2)o1.I. The van der Waals surface area contributed by atoms with Gasteiger partial charge in [0.25, 0.3) is 0 Å².